The zero-order valence-corrected chi connectivity index (χ0v) is 9.69. The molecule has 1 aliphatic heterocycles. The van der Waals surface area contributed by atoms with Crippen molar-refractivity contribution in [3.8, 4) is 0 Å². The second-order valence-electron chi connectivity index (χ2n) is 4.01. The minimum atomic E-state index is -4.42. The fourth-order valence-electron chi connectivity index (χ4n) is 1.73. The number of carboxylic acid groups (broad SMARTS) is 1. The van der Waals surface area contributed by atoms with Gasteiger partial charge < -0.3 is 10.0 Å². The van der Waals surface area contributed by atoms with Gasteiger partial charge >= 0.3 is 12.1 Å². The van der Waals surface area contributed by atoms with Crippen LogP contribution in [0.25, 0.3) is 0 Å². The van der Waals surface area contributed by atoms with Gasteiger partial charge in [-0.25, -0.2) is 4.79 Å². The molecule has 0 spiro atoms. The highest BCUT2D eigenvalue weighted by Crippen LogP contribution is 2.32. The highest BCUT2D eigenvalue weighted by Gasteiger charge is 2.30. The summed E-state index contributed by atoms with van der Waals surface area (Å²) in [5.41, 5.74) is -0.331. The summed E-state index contributed by atoms with van der Waals surface area (Å²) in [5, 5.41) is 8.88. The van der Waals surface area contributed by atoms with Crippen molar-refractivity contribution in [2.75, 3.05) is 11.4 Å². The molecule has 1 heterocycles. The normalized spacial score (nSPS) is 15.3. The maximum Gasteiger partial charge on any atom is 0.416 e. The SMILES string of the molecule is O=C(O)C1=CC=CN(c2cccc(C(F)(F)F)c2)C1. The number of nitrogens with zero attached hydrogens (tertiary/aromatic N) is 1. The summed E-state index contributed by atoms with van der Waals surface area (Å²) in [7, 11) is 0. The lowest BCUT2D eigenvalue weighted by Crippen LogP contribution is -2.25. The number of allylic oxidation sites excluding steroid dienone is 2. The minimum Gasteiger partial charge on any atom is -0.478 e. The Labute approximate surface area is 107 Å². The van der Waals surface area contributed by atoms with E-state index in [0.717, 1.165) is 12.1 Å². The predicted octanol–water partition coefficient (Wildman–Crippen LogP) is 3.05. The molecule has 0 unspecified atom stereocenters. The summed E-state index contributed by atoms with van der Waals surface area (Å²) in [6, 6.07) is 4.77. The Hall–Kier alpha value is -2.24. The molecule has 19 heavy (non-hydrogen) atoms. The molecule has 0 aliphatic carbocycles. The molecule has 100 valence electrons. The lowest BCUT2D eigenvalue weighted by atomic mass is 10.1. The summed E-state index contributed by atoms with van der Waals surface area (Å²) in [4.78, 5) is 12.3. The number of aliphatic carboxylic acids is 1. The van der Waals surface area contributed by atoms with E-state index in [0.29, 0.717) is 5.69 Å². The smallest absolute Gasteiger partial charge is 0.416 e. The third-order valence-electron chi connectivity index (χ3n) is 2.68. The molecule has 0 amide bonds. The number of carboxylic acids is 1. The van der Waals surface area contributed by atoms with Crippen molar-refractivity contribution in [2.24, 2.45) is 0 Å². The van der Waals surface area contributed by atoms with Gasteiger partial charge in [0.05, 0.1) is 17.7 Å². The largest absolute Gasteiger partial charge is 0.478 e. The Morgan fingerprint density at radius 1 is 1.32 bits per heavy atom. The second kappa shape index (κ2) is 4.79. The van der Waals surface area contributed by atoms with Gasteiger partial charge in [0, 0.05) is 11.9 Å². The number of halogens is 3. The highest BCUT2D eigenvalue weighted by atomic mass is 19.4. The monoisotopic (exact) mass is 269 g/mol. The molecule has 6 heteroatoms. The Bertz CT molecular complexity index is 561. The van der Waals surface area contributed by atoms with Crippen molar-refractivity contribution in [2.45, 2.75) is 6.18 Å². The fourth-order valence-corrected chi connectivity index (χ4v) is 1.73. The zero-order chi connectivity index (χ0) is 14.0. The first-order valence-corrected chi connectivity index (χ1v) is 5.42. The number of carbonyl (C=O) groups is 1. The van der Waals surface area contributed by atoms with Crippen LogP contribution >= 0.6 is 0 Å². The van der Waals surface area contributed by atoms with E-state index in [2.05, 4.69) is 0 Å². The molecule has 1 aromatic rings. The Balaban J connectivity index is 2.27. The topological polar surface area (TPSA) is 40.5 Å². The van der Waals surface area contributed by atoms with E-state index < -0.39 is 17.7 Å². The molecule has 0 saturated heterocycles. The lowest BCUT2D eigenvalue weighted by Gasteiger charge is -2.24. The first-order valence-electron chi connectivity index (χ1n) is 5.42. The molecule has 0 aromatic heterocycles. The van der Waals surface area contributed by atoms with Crippen molar-refractivity contribution in [1.82, 2.24) is 0 Å². The van der Waals surface area contributed by atoms with E-state index in [4.69, 9.17) is 5.11 Å². The van der Waals surface area contributed by atoms with Crippen LogP contribution in [0.5, 0.6) is 0 Å². The van der Waals surface area contributed by atoms with Gasteiger partial charge in [0.2, 0.25) is 0 Å². The maximum atomic E-state index is 12.6. The molecule has 0 fully saturated rings. The number of benzene rings is 1. The van der Waals surface area contributed by atoms with Gasteiger partial charge in [0.15, 0.2) is 0 Å². The van der Waals surface area contributed by atoms with Gasteiger partial charge in [0.25, 0.3) is 0 Å². The van der Waals surface area contributed by atoms with Gasteiger partial charge in [-0.1, -0.05) is 6.07 Å². The van der Waals surface area contributed by atoms with Gasteiger partial charge in [-0.3, -0.25) is 0 Å². The summed E-state index contributed by atoms with van der Waals surface area (Å²) in [5.74, 6) is -1.08. The molecular formula is C13H10F3NO2. The maximum absolute atomic E-state index is 12.6. The van der Waals surface area contributed by atoms with Crippen LogP contribution in [0.2, 0.25) is 0 Å². The summed E-state index contributed by atoms with van der Waals surface area (Å²) in [6.07, 6.45) is 0.0442. The molecule has 0 radical (unpaired) electrons. The average molecular weight is 269 g/mol. The van der Waals surface area contributed by atoms with Crippen molar-refractivity contribution in [3.05, 3.63) is 53.8 Å². The van der Waals surface area contributed by atoms with Crippen LogP contribution in [0.1, 0.15) is 5.56 Å². The van der Waals surface area contributed by atoms with Gasteiger partial charge in [-0.05, 0) is 30.4 Å². The van der Waals surface area contributed by atoms with Crippen molar-refractivity contribution >= 4 is 11.7 Å². The van der Waals surface area contributed by atoms with Crippen LogP contribution in [0.3, 0.4) is 0 Å². The van der Waals surface area contributed by atoms with E-state index in [9.17, 15) is 18.0 Å². The number of alkyl halides is 3. The predicted molar refractivity (Wildman–Crippen MR) is 63.6 cm³/mol. The number of hydrogen-bond acceptors (Lipinski definition) is 2. The molecule has 1 N–H and O–H groups in total. The summed E-state index contributed by atoms with van der Waals surface area (Å²) < 4.78 is 37.8. The average Bonchev–Trinajstić information content (AvgIpc) is 2.38. The second-order valence-corrected chi connectivity index (χ2v) is 4.01. The van der Waals surface area contributed by atoms with Gasteiger partial charge in [-0.15, -0.1) is 0 Å². The van der Waals surface area contributed by atoms with Crippen molar-refractivity contribution in [1.29, 1.82) is 0 Å². The van der Waals surface area contributed by atoms with Crippen LogP contribution in [-0.2, 0) is 11.0 Å². The fraction of sp³-hybridized carbons (Fsp3) is 0.154. The number of rotatable bonds is 2. The van der Waals surface area contributed by atoms with Crippen LogP contribution in [0.15, 0.2) is 48.2 Å². The molecule has 0 bridgehead atoms. The molecule has 2 rings (SSSR count). The Morgan fingerprint density at radius 2 is 2.05 bits per heavy atom. The van der Waals surface area contributed by atoms with E-state index in [-0.39, 0.29) is 12.1 Å². The van der Waals surface area contributed by atoms with Crippen LogP contribution in [0, 0.1) is 0 Å². The molecule has 1 aliphatic rings. The van der Waals surface area contributed by atoms with Gasteiger partial charge in [-0.2, -0.15) is 13.2 Å². The van der Waals surface area contributed by atoms with Gasteiger partial charge in [0.1, 0.15) is 0 Å². The zero-order valence-electron chi connectivity index (χ0n) is 9.69. The van der Waals surface area contributed by atoms with Crippen LogP contribution in [0.4, 0.5) is 18.9 Å². The van der Waals surface area contributed by atoms with E-state index in [1.54, 1.807) is 6.20 Å². The number of hydrogen-bond donors (Lipinski definition) is 1. The number of anilines is 1. The third-order valence-corrected chi connectivity index (χ3v) is 2.68. The lowest BCUT2D eigenvalue weighted by molar-refractivity contribution is -0.137. The summed E-state index contributed by atoms with van der Waals surface area (Å²) in [6.45, 7) is 0.0349. The molecule has 3 nitrogen and oxygen atoms in total. The molecular weight excluding hydrogens is 259 g/mol. The Kier molecular flexibility index (Phi) is 3.33. The molecule has 0 saturated carbocycles. The Morgan fingerprint density at radius 3 is 2.68 bits per heavy atom. The van der Waals surface area contributed by atoms with Crippen LogP contribution in [-0.4, -0.2) is 17.6 Å². The standard InChI is InChI=1S/C13H10F3NO2/c14-13(15,16)10-4-1-5-11(7-10)17-6-2-3-9(8-17)12(18)19/h1-7H,8H2,(H,18,19). The van der Waals surface area contributed by atoms with Crippen molar-refractivity contribution in [3.63, 3.8) is 0 Å². The first kappa shape index (κ1) is 13.2. The van der Waals surface area contributed by atoms with E-state index >= 15 is 0 Å². The van der Waals surface area contributed by atoms with E-state index in [1.807, 2.05) is 0 Å². The van der Waals surface area contributed by atoms with Crippen LogP contribution < -0.4 is 4.90 Å². The molecule has 1 aromatic carbocycles. The van der Waals surface area contributed by atoms with Crippen molar-refractivity contribution < 1.29 is 23.1 Å². The van der Waals surface area contributed by atoms with E-state index in [1.165, 1.54) is 29.2 Å². The quantitative estimate of drug-likeness (QED) is 0.897. The third kappa shape index (κ3) is 2.96. The minimum absolute atomic E-state index is 0.0349. The molecule has 0 atom stereocenters. The first-order chi connectivity index (χ1) is 8.88. The highest BCUT2D eigenvalue weighted by molar-refractivity contribution is 5.88. The summed E-state index contributed by atoms with van der Waals surface area (Å²) >= 11 is 0.